The Balaban J connectivity index is 1.53. The molecule has 0 aliphatic carbocycles. The van der Waals surface area contributed by atoms with Crippen LogP contribution in [-0.4, -0.2) is 28.0 Å². The lowest BCUT2D eigenvalue weighted by Crippen LogP contribution is -2.29. The highest BCUT2D eigenvalue weighted by Crippen LogP contribution is 2.26. The number of hydrogen-bond donors (Lipinski definition) is 3. The molecule has 1 amide bonds. The largest absolute Gasteiger partial charge is 0.348 e. The van der Waals surface area contributed by atoms with Crippen molar-refractivity contribution in [3.05, 3.63) is 59.2 Å². The normalized spacial score (nSPS) is 15.0. The molecule has 25 heavy (non-hydrogen) atoms. The summed E-state index contributed by atoms with van der Waals surface area (Å²) < 4.78 is 3.58. The average Bonchev–Trinajstić information content (AvgIpc) is 2.64. The molecule has 6 nitrogen and oxygen atoms in total. The number of nitrogen functional groups attached to an aromatic ring is 1. The van der Waals surface area contributed by atoms with E-state index in [1.54, 1.807) is 6.07 Å². The fourth-order valence-electron chi connectivity index (χ4n) is 2.71. The molecule has 1 fully saturated rings. The van der Waals surface area contributed by atoms with Crippen molar-refractivity contribution in [3.63, 3.8) is 0 Å². The number of carbonyl (C=O) groups is 1. The first-order chi connectivity index (χ1) is 12.1. The van der Waals surface area contributed by atoms with Crippen molar-refractivity contribution in [1.29, 1.82) is 5.41 Å². The first kappa shape index (κ1) is 17.6. The Morgan fingerprint density at radius 2 is 1.88 bits per heavy atom. The van der Waals surface area contributed by atoms with Crippen LogP contribution >= 0.6 is 11.9 Å². The Bertz CT molecular complexity index is 781. The number of amides is 1. The Hall–Kier alpha value is -2.25. The van der Waals surface area contributed by atoms with Crippen LogP contribution in [0.2, 0.25) is 0 Å². The van der Waals surface area contributed by atoms with Gasteiger partial charge in [-0.05, 0) is 54.6 Å². The van der Waals surface area contributed by atoms with Gasteiger partial charge in [-0.1, -0.05) is 18.6 Å². The standard InChI is InChI=1S/C18H23N5OS/c19-17-12-15(8-11-23(17)20)18(24)21-13-14-4-6-16(7-5-14)25-22-9-2-1-3-10-22/h4-8,11-12,19H,1-3,9-10,13,20H2,(H,21,24). The number of nitrogens with zero attached hydrogens (tertiary/aromatic N) is 2. The summed E-state index contributed by atoms with van der Waals surface area (Å²) in [5.74, 6) is 5.32. The molecule has 2 heterocycles. The van der Waals surface area contributed by atoms with E-state index in [-0.39, 0.29) is 11.4 Å². The summed E-state index contributed by atoms with van der Waals surface area (Å²) in [6.07, 6.45) is 5.40. The van der Waals surface area contributed by atoms with Gasteiger partial charge in [-0.25, -0.2) is 4.31 Å². The molecule has 1 aliphatic heterocycles. The third-order valence-electron chi connectivity index (χ3n) is 4.17. The Morgan fingerprint density at radius 3 is 2.56 bits per heavy atom. The zero-order valence-corrected chi connectivity index (χ0v) is 14.9. The van der Waals surface area contributed by atoms with Gasteiger partial charge < -0.3 is 11.2 Å². The molecule has 1 aromatic heterocycles. The molecule has 0 bridgehead atoms. The maximum atomic E-state index is 12.2. The molecule has 0 saturated carbocycles. The second-order valence-electron chi connectivity index (χ2n) is 6.12. The Morgan fingerprint density at radius 1 is 1.16 bits per heavy atom. The monoisotopic (exact) mass is 357 g/mol. The lowest BCUT2D eigenvalue weighted by molar-refractivity contribution is 0.0950. The van der Waals surface area contributed by atoms with Gasteiger partial charge in [0, 0.05) is 36.3 Å². The summed E-state index contributed by atoms with van der Waals surface area (Å²) in [4.78, 5) is 13.4. The number of pyridine rings is 1. The topological polar surface area (TPSA) is 87.1 Å². The molecular formula is C18H23N5OS. The molecule has 132 valence electrons. The number of rotatable bonds is 5. The predicted octanol–water partition coefficient (Wildman–Crippen LogP) is 2.10. The number of benzene rings is 1. The lowest BCUT2D eigenvalue weighted by Gasteiger charge is -2.25. The molecule has 0 radical (unpaired) electrons. The summed E-state index contributed by atoms with van der Waals surface area (Å²) in [6, 6.07) is 11.3. The van der Waals surface area contributed by atoms with E-state index in [1.165, 1.54) is 36.4 Å². The second-order valence-corrected chi connectivity index (χ2v) is 7.29. The van der Waals surface area contributed by atoms with Crippen LogP contribution < -0.4 is 16.6 Å². The number of piperidine rings is 1. The van der Waals surface area contributed by atoms with Gasteiger partial charge >= 0.3 is 0 Å². The first-order valence-electron chi connectivity index (χ1n) is 8.44. The SMILES string of the molecule is N=c1cc(C(=O)NCc2ccc(SN3CCCCC3)cc2)ccn1N. The highest BCUT2D eigenvalue weighted by atomic mass is 32.2. The van der Waals surface area contributed by atoms with Crippen molar-refractivity contribution >= 4 is 17.9 Å². The first-order valence-corrected chi connectivity index (χ1v) is 9.21. The van der Waals surface area contributed by atoms with Gasteiger partial charge in [0.1, 0.15) is 5.49 Å². The average molecular weight is 357 g/mol. The van der Waals surface area contributed by atoms with E-state index < -0.39 is 0 Å². The summed E-state index contributed by atoms with van der Waals surface area (Å²) >= 11 is 1.81. The predicted molar refractivity (Wildman–Crippen MR) is 99.3 cm³/mol. The van der Waals surface area contributed by atoms with Gasteiger partial charge in [-0.3, -0.25) is 14.9 Å². The summed E-state index contributed by atoms with van der Waals surface area (Å²) in [5, 5.41) is 10.5. The van der Waals surface area contributed by atoms with Crippen molar-refractivity contribution in [1.82, 2.24) is 14.3 Å². The second kappa shape index (κ2) is 8.22. The minimum Gasteiger partial charge on any atom is -0.348 e. The van der Waals surface area contributed by atoms with Gasteiger partial charge in [-0.15, -0.1) is 0 Å². The molecule has 0 spiro atoms. The molecule has 3 rings (SSSR count). The van der Waals surface area contributed by atoms with Gasteiger partial charge in [0.25, 0.3) is 5.91 Å². The van der Waals surface area contributed by atoms with E-state index in [1.807, 2.05) is 24.1 Å². The van der Waals surface area contributed by atoms with Crippen LogP contribution in [0.4, 0.5) is 0 Å². The van der Waals surface area contributed by atoms with Crippen molar-refractivity contribution in [2.75, 3.05) is 18.9 Å². The van der Waals surface area contributed by atoms with Crippen molar-refractivity contribution in [2.24, 2.45) is 0 Å². The van der Waals surface area contributed by atoms with Crippen LogP contribution in [0.5, 0.6) is 0 Å². The van der Waals surface area contributed by atoms with Crippen molar-refractivity contribution in [3.8, 4) is 0 Å². The zero-order chi connectivity index (χ0) is 17.6. The third kappa shape index (κ3) is 4.87. The summed E-state index contributed by atoms with van der Waals surface area (Å²) in [7, 11) is 0. The van der Waals surface area contributed by atoms with E-state index in [9.17, 15) is 4.79 Å². The van der Waals surface area contributed by atoms with Crippen LogP contribution in [0.15, 0.2) is 47.5 Å². The van der Waals surface area contributed by atoms with Gasteiger partial charge in [0.15, 0.2) is 0 Å². The van der Waals surface area contributed by atoms with E-state index >= 15 is 0 Å². The maximum absolute atomic E-state index is 12.2. The molecule has 0 unspecified atom stereocenters. The number of nitrogens with two attached hydrogens (primary N) is 1. The maximum Gasteiger partial charge on any atom is 0.251 e. The van der Waals surface area contributed by atoms with Crippen molar-refractivity contribution in [2.45, 2.75) is 30.7 Å². The lowest BCUT2D eigenvalue weighted by atomic mass is 10.2. The third-order valence-corrected chi connectivity index (χ3v) is 5.28. The summed E-state index contributed by atoms with van der Waals surface area (Å²) in [5.41, 5.74) is 1.57. The highest BCUT2D eigenvalue weighted by Gasteiger charge is 2.11. The van der Waals surface area contributed by atoms with Crippen molar-refractivity contribution < 1.29 is 4.79 Å². The zero-order valence-electron chi connectivity index (χ0n) is 14.1. The summed E-state index contributed by atoms with van der Waals surface area (Å²) in [6.45, 7) is 2.76. The fourth-order valence-corrected chi connectivity index (χ4v) is 3.71. The van der Waals surface area contributed by atoms with Crippen LogP contribution in [0, 0.1) is 5.41 Å². The van der Waals surface area contributed by atoms with Gasteiger partial charge in [0.2, 0.25) is 0 Å². The highest BCUT2D eigenvalue weighted by molar-refractivity contribution is 7.97. The number of nitrogens with one attached hydrogen (secondary N) is 2. The van der Waals surface area contributed by atoms with E-state index in [0.717, 1.165) is 23.3 Å². The molecule has 7 heteroatoms. The number of aromatic nitrogens is 1. The van der Waals surface area contributed by atoms with Crippen LogP contribution in [-0.2, 0) is 6.54 Å². The Labute approximate surface area is 151 Å². The van der Waals surface area contributed by atoms with Gasteiger partial charge in [-0.2, -0.15) is 0 Å². The molecule has 0 atom stereocenters. The minimum atomic E-state index is -0.208. The molecule has 1 saturated heterocycles. The quantitative estimate of drug-likeness (QED) is 0.565. The molecular weight excluding hydrogens is 334 g/mol. The van der Waals surface area contributed by atoms with Gasteiger partial charge in [0.05, 0.1) is 0 Å². The van der Waals surface area contributed by atoms with E-state index in [2.05, 4.69) is 21.8 Å². The van der Waals surface area contributed by atoms with E-state index in [4.69, 9.17) is 11.3 Å². The number of hydrogen-bond acceptors (Lipinski definition) is 5. The number of carbonyl (C=O) groups excluding carboxylic acids is 1. The molecule has 1 aromatic carbocycles. The Kier molecular flexibility index (Phi) is 5.78. The van der Waals surface area contributed by atoms with Crippen LogP contribution in [0.1, 0.15) is 35.2 Å². The van der Waals surface area contributed by atoms with Crippen LogP contribution in [0.3, 0.4) is 0 Å². The molecule has 4 N–H and O–H groups in total. The minimum absolute atomic E-state index is 0.0896. The molecule has 2 aromatic rings. The smallest absolute Gasteiger partial charge is 0.251 e. The van der Waals surface area contributed by atoms with Crippen LogP contribution in [0.25, 0.3) is 0 Å². The molecule has 1 aliphatic rings. The van der Waals surface area contributed by atoms with E-state index in [0.29, 0.717) is 12.1 Å². The fraction of sp³-hybridized carbons (Fsp3) is 0.333.